The Morgan fingerprint density at radius 1 is 1.11 bits per heavy atom. The summed E-state index contributed by atoms with van der Waals surface area (Å²) in [5.74, 6) is 2.53. The number of rotatable bonds is 4. The fraction of sp³-hybridized carbons (Fsp3) is 0.455. The Balaban J connectivity index is 1.25. The average molecular weight is 366 g/mol. The maximum Gasteiger partial charge on any atom is 0.410 e. The molecule has 0 spiro atoms. The van der Waals surface area contributed by atoms with Crippen molar-refractivity contribution in [2.45, 2.75) is 26.4 Å². The molecule has 2 aromatic rings. The van der Waals surface area contributed by atoms with Gasteiger partial charge in [-0.25, -0.2) is 4.79 Å². The van der Waals surface area contributed by atoms with Crippen LogP contribution < -0.4 is 4.74 Å². The van der Waals surface area contributed by atoms with Gasteiger partial charge in [0.1, 0.15) is 11.4 Å². The van der Waals surface area contributed by atoms with Gasteiger partial charge in [-0.3, -0.25) is 4.98 Å². The minimum absolute atomic E-state index is 0.194. The molecule has 27 heavy (non-hydrogen) atoms. The Hall–Kier alpha value is -2.56. The second kappa shape index (κ2) is 6.87. The highest BCUT2D eigenvalue weighted by atomic mass is 16.6. The van der Waals surface area contributed by atoms with Gasteiger partial charge in [0.15, 0.2) is 0 Å². The molecule has 0 N–H and O–H groups in total. The maximum atomic E-state index is 12.1. The third-order valence-corrected chi connectivity index (χ3v) is 5.31. The quantitative estimate of drug-likeness (QED) is 0.812. The van der Waals surface area contributed by atoms with Crippen molar-refractivity contribution in [3.05, 3.63) is 48.8 Å². The summed E-state index contributed by atoms with van der Waals surface area (Å²) >= 11 is 0. The number of ether oxygens (including phenoxy) is 2. The highest BCUT2D eigenvalue weighted by Gasteiger charge is 2.57. The zero-order valence-corrected chi connectivity index (χ0v) is 16.1. The van der Waals surface area contributed by atoms with E-state index in [1.165, 1.54) is 0 Å². The lowest BCUT2D eigenvalue weighted by atomic mass is 10.1. The van der Waals surface area contributed by atoms with Crippen LogP contribution in [0.2, 0.25) is 0 Å². The van der Waals surface area contributed by atoms with Crippen molar-refractivity contribution in [1.29, 1.82) is 0 Å². The van der Waals surface area contributed by atoms with Gasteiger partial charge in [0, 0.05) is 31.4 Å². The number of benzene rings is 1. The molecule has 1 aromatic heterocycles. The molecule has 1 saturated heterocycles. The van der Waals surface area contributed by atoms with Crippen molar-refractivity contribution in [2.24, 2.45) is 17.8 Å². The van der Waals surface area contributed by atoms with E-state index in [4.69, 9.17) is 9.47 Å². The van der Waals surface area contributed by atoms with Gasteiger partial charge in [0.05, 0.1) is 6.61 Å². The number of hydrogen-bond donors (Lipinski definition) is 0. The van der Waals surface area contributed by atoms with Crippen LogP contribution in [-0.4, -0.2) is 41.3 Å². The van der Waals surface area contributed by atoms with Crippen molar-refractivity contribution in [3.8, 4) is 16.9 Å². The monoisotopic (exact) mass is 366 g/mol. The average Bonchev–Trinajstić information content (AvgIpc) is 3.08. The molecule has 1 amide bonds. The fourth-order valence-electron chi connectivity index (χ4n) is 3.84. The molecule has 1 saturated carbocycles. The minimum Gasteiger partial charge on any atom is -0.493 e. The first-order valence-corrected chi connectivity index (χ1v) is 9.52. The summed E-state index contributed by atoms with van der Waals surface area (Å²) in [6, 6.07) is 12.1. The van der Waals surface area contributed by atoms with Crippen LogP contribution in [0.25, 0.3) is 11.1 Å². The lowest BCUT2D eigenvalue weighted by Gasteiger charge is -2.25. The third kappa shape index (κ3) is 4.07. The van der Waals surface area contributed by atoms with Crippen LogP contribution in [0.1, 0.15) is 20.8 Å². The van der Waals surface area contributed by atoms with Gasteiger partial charge >= 0.3 is 6.09 Å². The summed E-state index contributed by atoms with van der Waals surface area (Å²) in [6.45, 7) is 7.98. The van der Waals surface area contributed by atoms with Gasteiger partial charge in [0.25, 0.3) is 0 Å². The van der Waals surface area contributed by atoms with Crippen molar-refractivity contribution < 1.29 is 14.3 Å². The van der Waals surface area contributed by atoms with Crippen LogP contribution in [0.15, 0.2) is 48.8 Å². The van der Waals surface area contributed by atoms with Gasteiger partial charge in [0.2, 0.25) is 0 Å². The number of carbonyl (C=O) groups excluding carboxylic acids is 1. The molecule has 5 heteroatoms. The highest BCUT2D eigenvalue weighted by Crippen LogP contribution is 2.52. The van der Waals surface area contributed by atoms with E-state index in [0.717, 1.165) is 30.0 Å². The maximum absolute atomic E-state index is 12.1. The number of fused-ring (bicyclic) bond motifs is 1. The summed E-state index contributed by atoms with van der Waals surface area (Å²) < 4.78 is 11.4. The van der Waals surface area contributed by atoms with Crippen molar-refractivity contribution in [1.82, 2.24) is 9.88 Å². The molecule has 1 aliphatic carbocycles. The normalized spacial score (nSPS) is 23.7. The number of pyridine rings is 1. The second-order valence-electron chi connectivity index (χ2n) is 8.45. The predicted molar refractivity (Wildman–Crippen MR) is 103 cm³/mol. The Morgan fingerprint density at radius 3 is 2.41 bits per heavy atom. The number of aromatic nitrogens is 1. The Kier molecular flexibility index (Phi) is 4.54. The molecule has 2 fully saturated rings. The van der Waals surface area contributed by atoms with Crippen LogP contribution in [0, 0.1) is 17.8 Å². The smallest absolute Gasteiger partial charge is 0.410 e. The van der Waals surface area contributed by atoms with Gasteiger partial charge < -0.3 is 14.4 Å². The summed E-state index contributed by atoms with van der Waals surface area (Å²) in [7, 11) is 0. The molecule has 4 rings (SSSR count). The summed E-state index contributed by atoms with van der Waals surface area (Å²) in [6.07, 6.45) is 3.44. The second-order valence-corrected chi connectivity index (χ2v) is 8.45. The fourth-order valence-corrected chi connectivity index (χ4v) is 3.84. The molecule has 2 atom stereocenters. The molecule has 1 aromatic carbocycles. The van der Waals surface area contributed by atoms with Gasteiger partial charge in [-0.1, -0.05) is 18.2 Å². The van der Waals surface area contributed by atoms with Crippen LogP contribution in [-0.2, 0) is 4.74 Å². The van der Waals surface area contributed by atoms with Crippen LogP contribution in [0.5, 0.6) is 5.75 Å². The summed E-state index contributed by atoms with van der Waals surface area (Å²) in [5.41, 5.74) is 1.80. The number of amides is 1. The van der Waals surface area contributed by atoms with E-state index in [1.807, 2.05) is 56.1 Å². The van der Waals surface area contributed by atoms with Crippen molar-refractivity contribution in [3.63, 3.8) is 0 Å². The van der Waals surface area contributed by atoms with Gasteiger partial charge in [-0.2, -0.15) is 0 Å². The molecule has 1 aliphatic heterocycles. The predicted octanol–water partition coefficient (Wildman–Crippen LogP) is 4.24. The molecular formula is C22H26N2O3. The number of piperidine rings is 1. The Labute approximate surface area is 160 Å². The van der Waals surface area contributed by atoms with Crippen molar-refractivity contribution >= 4 is 6.09 Å². The zero-order valence-electron chi connectivity index (χ0n) is 16.1. The first-order chi connectivity index (χ1) is 12.9. The molecule has 2 unspecified atom stereocenters. The molecule has 0 bridgehead atoms. The van der Waals surface area contributed by atoms with E-state index < -0.39 is 5.60 Å². The van der Waals surface area contributed by atoms with Gasteiger partial charge in [-0.15, -0.1) is 0 Å². The molecule has 2 heterocycles. The minimum atomic E-state index is -0.436. The van der Waals surface area contributed by atoms with E-state index >= 15 is 0 Å². The van der Waals surface area contributed by atoms with Crippen LogP contribution >= 0.6 is 0 Å². The number of likely N-dealkylation sites (tertiary alicyclic amines) is 1. The zero-order chi connectivity index (χ0) is 19.0. The van der Waals surface area contributed by atoms with Crippen LogP contribution in [0.4, 0.5) is 4.79 Å². The molecule has 5 nitrogen and oxygen atoms in total. The Morgan fingerprint density at radius 2 is 1.81 bits per heavy atom. The Bertz CT molecular complexity index is 787. The number of hydrogen-bond acceptors (Lipinski definition) is 4. The first kappa shape index (κ1) is 17.8. The lowest BCUT2D eigenvalue weighted by Crippen LogP contribution is -2.37. The SMILES string of the molecule is CC(C)(C)OC(=O)N1CC2C(COc3ccc(-c4cccnc4)cc3)C2C1. The third-order valence-electron chi connectivity index (χ3n) is 5.31. The van der Waals surface area contributed by atoms with Crippen molar-refractivity contribution in [2.75, 3.05) is 19.7 Å². The van der Waals surface area contributed by atoms with E-state index in [2.05, 4.69) is 17.1 Å². The first-order valence-electron chi connectivity index (χ1n) is 9.52. The molecule has 0 radical (unpaired) electrons. The molecular weight excluding hydrogens is 340 g/mol. The topological polar surface area (TPSA) is 51.7 Å². The largest absolute Gasteiger partial charge is 0.493 e. The standard InChI is InChI=1S/C22H26N2O3/c1-22(2,3)27-21(25)24-12-18-19(13-24)20(18)14-26-17-8-6-15(7-9-17)16-5-4-10-23-11-16/h4-11,18-20H,12-14H2,1-3H3. The highest BCUT2D eigenvalue weighted by molar-refractivity contribution is 5.69. The van der Waals surface area contributed by atoms with E-state index in [9.17, 15) is 4.79 Å². The van der Waals surface area contributed by atoms with Crippen LogP contribution in [0.3, 0.4) is 0 Å². The summed E-state index contributed by atoms with van der Waals surface area (Å²) in [4.78, 5) is 18.1. The number of carbonyl (C=O) groups is 1. The number of nitrogens with zero attached hydrogens (tertiary/aromatic N) is 2. The van der Waals surface area contributed by atoms with E-state index in [0.29, 0.717) is 24.4 Å². The van der Waals surface area contributed by atoms with E-state index in [-0.39, 0.29) is 6.09 Å². The van der Waals surface area contributed by atoms with Gasteiger partial charge in [-0.05, 0) is 61.9 Å². The molecule has 142 valence electrons. The lowest BCUT2D eigenvalue weighted by molar-refractivity contribution is 0.0261. The molecule has 2 aliphatic rings. The summed E-state index contributed by atoms with van der Waals surface area (Å²) in [5, 5.41) is 0. The van der Waals surface area contributed by atoms with E-state index in [1.54, 1.807) is 6.20 Å².